The number of amides is 1. The Morgan fingerprint density at radius 2 is 1.84 bits per heavy atom. The van der Waals surface area contributed by atoms with Crippen molar-refractivity contribution < 1.29 is 17.9 Å². The lowest BCUT2D eigenvalue weighted by Gasteiger charge is -2.08. The van der Waals surface area contributed by atoms with Gasteiger partial charge in [-0.2, -0.15) is 0 Å². The number of carbonyl (C=O) groups is 1. The molecule has 7 heteroatoms. The van der Waals surface area contributed by atoms with E-state index in [0.717, 1.165) is 17.6 Å². The Morgan fingerprint density at radius 3 is 2.44 bits per heavy atom. The topological polar surface area (TPSA) is 72.5 Å². The van der Waals surface area contributed by atoms with E-state index in [1.807, 2.05) is 13.0 Å². The molecule has 0 aliphatic heterocycles. The molecule has 0 aliphatic carbocycles. The highest BCUT2D eigenvalue weighted by Crippen LogP contribution is 2.21. The number of halogens is 1. The molecule has 0 heterocycles. The van der Waals surface area contributed by atoms with Crippen LogP contribution in [0.2, 0.25) is 5.02 Å². The van der Waals surface area contributed by atoms with Crippen molar-refractivity contribution >= 4 is 33.0 Å². The van der Waals surface area contributed by atoms with Crippen LogP contribution >= 0.6 is 11.6 Å². The molecule has 2 aromatic rings. The molecule has 0 spiro atoms. The smallest absolute Gasteiger partial charge is 0.224 e. The summed E-state index contributed by atoms with van der Waals surface area (Å²) in [4.78, 5) is 12.1. The molecule has 5 nitrogen and oxygen atoms in total. The summed E-state index contributed by atoms with van der Waals surface area (Å²) in [5, 5.41) is 3.42. The highest BCUT2D eigenvalue weighted by atomic mass is 35.5. The SMILES string of the molecule is Cc1cc(OCCCC(=O)Nc2ccc(S(C)(=O)=O)cc2)ccc1Cl. The molecule has 0 fully saturated rings. The third-order valence-corrected chi connectivity index (χ3v) is 5.07. The molecule has 0 bridgehead atoms. The molecule has 0 atom stereocenters. The highest BCUT2D eigenvalue weighted by Gasteiger charge is 2.08. The molecule has 134 valence electrons. The average Bonchev–Trinajstić information content (AvgIpc) is 2.54. The van der Waals surface area contributed by atoms with Gasteiger partial charge in [0.25, 0.3) is 0 Å². The Balaban J connectivity index is 1.76. The Kier molecular flexibility index (Phi) is 6.45. The molecule has 1 amide bonds. The number of nitrogens with one attached hydrogen (secondary N) is 1. The first kappa shape index (κ1) is 19.3. The van der Waals surface area contributed by atoms with Crippen LogP contribution in [0.3, 0.4) is 0 Å². The number of carbonyl (C=O) groups excluding carboxylic acids is 1. The first-order chi connectivity index (χ1) is 11.8. The zero-order valence-corrected chi connectivity index (χ0v) is 15.7. The van der Waals surface area contributed by atoms with E-state index >= 15 is 0 Å². The monoisotopic (exact) mass is 381 g/mol. The van der Waals surface area contributed by atoms with Crippen molar-refractivity contribution in [3.05, 3.63) is 53.1 Å². The number of hydrogen-bond acceptors (Lipinski definition) is 4. The van der Waals surface area contributed by atoms with Gasteiger partial charge in [0.15, 0.2) is 9.84 Å². The van der Waals surface area contributed by atoms with Crippen LogP contribution in [0.5, 0.6) is 5.75 Å². The molecular formula is C18H20ClNO4S. The summed E-state index contributed by atoms with van der Waals surface area (Å²) in [5.74, 6) is 0.571. The van der Waals surface area contributed by atoms with Gasteiger partial charge in [0.05, 0.1) is 11.5 Å². The van der Waals surface area contributed by atoms with Crippen molar-refractivity contribution in [1.82, 2.24) is 0 Å². The van der Waals surface area contributed by atoms with Crippen molar-refractivity contribution in [3.8, 4) is 5.75 Å². The van der Waals surface area contributed by atoms with Crippen LogP contribution in [0.1, 0.15) is 18.4 Å². The third kappa shape index (κ3) is 6.07. The highest BCUT2D eigenvalue weighted by molar-refractivity contribution is 7.90. The largest absolute Gasteiger partial charge is 0.494 e. The van der Waals surface area contributed by atoms with E-state index in [1.165, 1.54) is 12.1 Å². The number of ether oxygens (including phenoxy) is 1. The predicted molar refractivity (Wildman–Crippen MR) is 99.1 cm³/mol. The molecule has 1 N–H and O–H groups in total. The maximum Gasteiger partial charge on any atom is 0.224 e. The summed E-state index contributed by atoms with van der Waals surface area (Å²) < 4.78 is 28.4. The van der Waals surface area contributed by atoms with E-state index in [1.54, 1.807) is 24.3 Å². The molecule has 0 saturated carbocycles. The van der Waals surface area contributed by atoms with Crippen molar-refractivity contribution in [3.63, 3.8) is 0 Å². The minimum atomic E-state index is -3.24. The molecule has 0 aliphatic rings. The molecular weight excluding hydrogens is 362 g/mol. The summed E-state index contributed by atoms with van der Waals surface area (Å²) in [7, 11) is -3.24. The second-order valence-corrected chi connectivity index (χ2v) is 8.13. The predicted octanol–water partition coefficient (Wildman–Crippen LogP) is 3.85. The second kappa shape index (κ2) is 8.36. The van der Waals surface area contributed by atoms with Gasteiger partial charge in [0, 0.05) is 23.4 Å². The van der Waals surface area contributed by atoms with Gasteiger partial charge in [-0.15, -0.1) is 0 Å². The summed E-state index contributed by atoms with van der Waals surface area (Å²) in [5.41, 5.74) is 1.50. The van der Waals surface area contributed by atoms with E-state index in [4.69, 9.17) is 16.3 Å². The normalized spacial score (nSPS) is 11.2. The van der Waals surface area contributed by atoms with Gasteiger partial charge in [0.1, 0.15) is 5.75 Å². The van der Waals surface area contributed by atoms with Gasteiger partial charge in [0.2, 0.25) is 5.91 Å². The van der Waals surface area contributed by atoms with Gasteiger partial charge in [-0.3, -0.25) is 4.79 Å². The number of hydrogen-bond donors (Lipinski definition) is 1. The van der Waals surface area contributed by atoms with Gasteiger partial charge >= 0.3 is 0 Å². The first-order valence-electron chi connectivity index (χ1n) is 7.74. The van der Waals surface area contributed by atoms with Crippen molar-refractivity contribution in [1.29, 1.82) is 0 Å². The number of benzene rings is 2. The zero-order chi connectivity index (χ0) is 18.4. The van der Waals surface area contributed by atoms with Crippen molar-refractivity contribution in [2.24, 2.45) is 0 Å². The fraction of sp³-hybridized carbons (Fsp3) is 0.278. The average molecular weight is 382 g/mol. The van der Waals surface area contributed by atoms with E-state index in [2.05, 4.69) is 5.32 Å². The van der Waals surface area contributed by atoms with Crippen LogP contribution in [0, 0.1) is 6.92 Å². The van der Waals surface area contributed by atoms with Crippen molar-refractivity contribution in [2.75, 3.05) is 18.2 Å². The van der Waals surface area contributed by atoms with Gasteiger partial charge in [-0.25, -0.2) is 8.42 Å². The number of aryl methyl sites for hydroxylation is 1. The summed E-state index contributed by atoms with van der Waals surface area (Å²) in [6, 6.07) is 11.5. The van der Waals surface area contributed by atoms with Crippen LogP contribution in [-0.4, -0.2) is 27.2 Å². The molecule has 25 heavy (non-hydrogen) atoms. The Labute approximate surface area is 152 Å². The Morgan fingerprint density at radius 1 is 1.16 bits per heavy atom. The molecule has 0 aromatic heterocycles. The lowest BCUT2D eigenvalue weighted by atomic mass is 10.2. The molecule has 0 unspecified atom stereocenters. The molecule has 2 aromatic carbocycles. The van der Waals surface area contributed by atoms with Crippen molar-refractivity contribution in [2.45, 2.75) is 24.7 Å². The Bertz CT molecular complexity index is 848. The minimum Gasteiger partial charge on any atom is -0.494 e. The molecule has 0 radical (unpaired) electrons. The maximum atomic E-state index is 11.9. The number of rotatable bonds is 7. The van der Waals surface area contributed by atoms with Crippen LogP contribution in [0.15, 0.2) is 47.4 Å². The fourth-order valence-electron chi connectivity index (χ4n) is 2.14. The second-order valence-electron chi connectivity index (χ2n) is 5.71. The Hall–Kier alpha value is -2.05. The zero-order valence-electron chi connectivity index (χ0n) is 14.1. The van der Waals surface area contributed by atoms with Gasteiger partial charge in [-0.1, -0.05) is 11.6 Å². The van der Waals surface area contributed by atoms with Gasteiger partial charge in [-0.05, 0) is 61.4 Å². The summed E-state index contributed by atoms with van der Waals surface area (Å²) in [6.45, 7) is 2.32. The van der Waals surface area contributed by atoms with Gasteiger partial charge < -0.3 is 10.1 Å². The lowest BCUT2D eigenvalue weighted by molar-refractivity contribution is -0.116. The van der Waals surface area contributed by atoms with E-state index in [-0.39, 0.29) is 10.8 Å². The fourth-order valence-corrected chi connectivity index (χ4v) is 2.89. The quantitative estimate of drug-likeness (QED) is 0.739. The molecule has 0 saturated heterocycles. The van der Waals surface area contributed by atoms with Crippen LogP contribution in [0.25, 0.3) is 0 Å². The minimum absolute atomic E-state index is 0.150. The molecule has 2 rings (SSSR count). The maximum absolute atomic E-state index is 11.9. The van der Waals surface area contributed by atoms with Crippen LogP contribution in [0.4, 0.5) is 5.69 Å². The summed E-state index contributed by atoms with van der Waals surface area (Å²) >= 11 is 5.95. The third-order valence-electron chi connectivity index (χ3n) is 3.51. The number of sulfone groups is 1. The standard InChI is InChI=1S/C18H20ClNO4S/c1-13-12-15(7-10-17(13)19)24-11-3-4-18(21)20-14-5-8-16(9-6-14)25(2,22)23/h5-10,12H,3-4,11H2,1-2H3,(H,20,21). The first-order valence-corrected chi connectivity index (χ1v) is 10.0. The van der Waals surface area contributed by atoms with Crippen LogP contribution < -0.4 is 10.1 Å². The van der Waals surface area contributed by atoms with E-state index < -0.39 is 9.84 Å². The lowest BCUT2D eigenvalue weighted by Crippen LogP contribution is -2.13. The van der Waals surface area contributed by atoms with Crippen LogP contribution in [-0.2, 0) is 14.6 Å². The number of anilines is 1. The van der Waals surface area contributed by atoms with E-state index in [0.29, 0.717) is 30.2 Å². The summed E-state index contributed by atoms with van der Waals surface area (Å²) in [6.07, 6.45) is 2.01. The van der Waals surface area contributed by atoms with E-state index in [9.17, 15) is 13.2 Å².